The Labute approximate surface area is 91.5 Å². The van der Waals surface area contributed by atoms with Gasteiger partial charge in [-0.15, -0.1) is 0 Å². The fourth-order valence-corrected chi connectivity index (χ4v) is 2.71. The van der Waals surface area contributed by atoms with E-state index in [1.54, 1.807) is 0 Å². The Morgan fingerprint density at radius 2 is 2.13 bits per heavy atom. The van der Waals surface area contributed by atoms with Gasteiger partial charge in [0, 0.05) is 0 Å². The van der Waals surface area contributed by atoms with E-state index in [2.05, 4.69) is 13.8 Å². The molecule has 0 aromatic heterocycles. The average Bonchev–Trinajstić information content (AvgIpc) is 2.46. The van der Waals surface area contributed by atoms with Crippen LogP contribution in [0.4, 0.5) is 0 Å². The third-order valence-corrected chi connectivity index (χ3v) is 3.65. The zero-order valence-corrected chi connectivity index (χ0v) is 9.92. The molecule has 0 aromatic rings. The van der Waals surface area contributed by atoms with Gasteiger partial charge in [0.15, 0.2) is 5.60 Å². The smallest absolute Gasteiger partial charge is 0.335 e. The molecule has 0 saturated heterocycles. The fourth-order valence-electron chi connectivity index (χ4n) is 2.71. The summed E-state index contributed by atoms with van der Waals surface area (Å²) in [6.45, 7) is 6.19. The zero-order valence-electron chi connectivity index (χ0n) is 9.92. The highest BCUT2D eigenvalue weighted by Gasteiger charge is 2.48. The van der Waals surface area contributed by atoms with Gasteiger partial charge in [-0.05, 0) is 37.0 Å². The summed E-state index contributed by atoms with van der Waals surface area (Å²) in [7, 11) is 0. The van der Waals surface area contributed by atoms with Crippen molar-refractivity contribution in [3.63, 3.8) is 0 Å². The number of carbonyl (C=O) groups is 1. The monoisotopic (exact) mass is 214 g/mol. The van der Waals surface area contributed by atoms with Crippen molar-refractivity contribution >= 4 is 5.97 Å². The van der Waals surface area contributed by atoms with Gasteiger partial charge >= 0.3 is 5.97 Å². The molecule has 0 spiro atoms. The van der Waals surface area contributed by atoms with E-state index in [4.69, 9.17) is 5.11 Å². The van der Waals surface area contributed by atoms with Gasteiger partial charge in [-0.2, -0.15) is 0 Å². The lowest BCUT2D eigenvalue weighted by atomic mass is 9.80. The minimum atomic E-state index is -1.50. The summed E-state index contributed by atoms with van der Waals surface area (Å²) in [6.07, 6.45) is 3.73. The SMILES string of the molecule is CCCC(O)(C(=O)O)C1CCC(C)(C)C1. The normalized spacial score (nSPS) is 28.7. The van der Waals surface area contributed by atoms with Crippen LogP contribution in [-0.4, -0.2) is 21.8 Å². The first kappa shape index (κ1) is 12.5. The Bertz CT molecular complexity index is 247. The quantitative estimate of drug-likeness (QED) is 0.755. The molecule has 2 atom stereocenters. The maximum absolute atomic E-state index is 11.2. The van der Waals surface area contributed by atoms with Crippen LogP contribution in [-0.2, 0) is 4.79 Å². The minimum Gasteiger partial charge on any atom is -0.479 e. The first-order valence-electron chi connectivity index (χ1n) is 5.77. The molecule has 0 heterocycles. The lowest BCUT2D eigenvalue weighted by molar-refractivity contribution is -0.166. The lowest BCUT2D eigenvalue weighted by Gasteiger charge is -2.30. The van der Waals surface area contributed by atoms with Crippen LogP contribution >= 0.6 is 0 Å². The van der Waals surface area contributed by atoms with Gasteiger partial charge in [-0.25, -0.2) is 4.79 Å². The van der Waals surface area contributed by atoms with Crippen LogP contribution in [0.15, 0.2) is 0 Å². The topological polar surface area (TPSA) is 57.5 Å². The molecule has 1 fully saturated rings. The van der Waals surface area contributed by atoms with Crippen LogP contribution in [0.2, 0.25) is 0 Å². The average molecular weight is 214 g/mol. The zero-order chi connectivity index (χ0) is 11.7. The minimum absolute atomic E-state index is 0.0788. The molecule has 0 amide bonds. The molecule has 15 heavy (non-hydrogen) atoms. The Balaban J connectivity index is 2.79. The summed E-state index contributed by atoms with van der Waals surface area (Å²) >= 11 is 0. The number of carboxylic acids is 1. The molecule has 0 aromatic carbocycles. The number of hydrogen-bond donors (Lipinski definition) is 2. The van der Waals surface area contributed by atoms with Crippen molar-refractivity contribution in [3.8, 4) is 0 Å². The summed E-state index contributed by atoms with van der Waals surface area (Å²) in [5.74, 6) is -1.13. The van der Waals surface area contributed by atoms with Gasteiger partial charge < -0.3 is 10.2 Å². The van der Waals surface area contributed by atoms with Gasteiger partial charge in [0.1, 0.15) is 0 Å². The van der Waals surface area contributed by atoms with Gasteiger partial charge in [0.25, 0.3) is 0 Å². The van der Waals surface area contributed by atoms with Gasteiger partial charge in [-0.3, -0.25) is 0 Å². The summed E-state index contributed by atoms with van der Waals surface area (Å²) in [5, 5.41) is 19.4. The van der Waals surface area contributed by atoms with Crippen LogP contribution in [0.3, 0.4) is 0 Å². The molecule has 3 nitrogen and oxygen atoms in total. The first-order valence-corrected chi connectivity index (χ1v) is 5.77. The van der Waals surface area contributed by atoms with E-state index < -0.39 is 11.6 Å². The van der Waals surface area contributed by atoms with Crippen LogP contribution in [0, 0.1) is 11.3 Å². The second-order valence-corrected chi connectivity index (χ2v) is 5.58. The molecule has 0 radical (unpaired) electrons. The predicted octanol–water partition coefficient (Wildman–Crippen LogP) is 2.43. The highest BCUT2D eigenvalue weighted by molar-refractivity contribution is 5.77. The number of aliphatic carboxylic acids is 1. The highest BCUT2D eigenvalue weighted by atomic mass is 16.4. The van der Waals surface area contributed by atoms with Crippen LogP contribution in [0.25, 0.3) is 0 Å². The fraction of sp³-hybridized carbons (Fsp3) is 0.917. The van der Waals surface area contributed by atoms with E-state index >= 15 is 0 Å². The van der Waals surface area contributed by atoms with E-state index in [1.165, 1.54) is 0 Å². The molecule has 1 saturated carbocycles. The van der Waals surface area contributed by atoms with Crippen molar-refractivity contribution in [2.75, 3.05) is 0 Å². The molecule has 0 bridgehead atoms. The summed E-state index contributed by atoms with van der Waals surface area (Å²) in [6, 6.07) is 0. The molecular formula is C12H22O3. The molecule has 0 aliphatic heterocycles. The standard InChI is InChI=1S/C12H22O3/c1-4-6-12(15,10(13)14)9-5-7-11(2,3)8-9/h9,15H,4-8H2,1-3H3,(H,13,14). The van der Waals surface area contributed by atoms with E-state index in [9.17, 15) is 9.90 Å². The van der Waals surface area contributed by atoms with Crippen LogP contribution in [0.5, 0.6) is 0 Å². The van der Waals surface area contributed by atoms with Crippen LogP contribution in [0.1, 0.15) is 52.9 Å². The Morgan fingerprint density at radius 3 is 2.47 bits per heavy atom. The van der Waals surface area contributed by atoms with Crippen molar-refractivity contribution in [2.24, 2.45) is 11.3 Å². The number of carboxylic acid groups (broad SMARTS) is 1. The molecule has 2 N–H and O–H groups in total. The third-order valence-electron chi connectivity index (χ3n) is 3.65. The van der Waals surface area contributed by atoms with E-state index in [0.717, 1.165) is 19.3 Å². The molecule has 2 unspecified atom stereocenters. The number of rotatable bonds is 4. The van der Waals surface area contributed by atoms with E-state index in [-0.39, 0.29) is 11.3 Å². The van der Waals surface area contributed by atoms with Gasteiger partial charge in [0.2, 0.25) is 0 Å². The Kier molecular flexibility index (Phi) is 3.44. The van der Waals surface area contributed by atoms with Crippen molar-refractivity contribution < 1.29 is 15.0 Å². The maximum Gasteiger partial charge on any atom is 0.335 e. The lowest BCUT2D eigenvalue weighted by Crippen LogP contribution is -2.45. The molecular weight excluding hydrogens is 192 g/mol. The maximum atomic E-state index is 11.2. The van der Waals surface area contributed by atoms with Gasteiger partial charge in [0.05, 0.1) is 0 Å². The van der Waals surface area contributed by atoms with Crippen LogP contribution < -0.4 is 0 Å². The highest BCUT2D eigenvalue weighted by Crippen LogP contribution is 2.46. The molecule has 88 valence electrons. The number of aliphatic hydroxyl groups is 1. The molecule has 1 aliphatic carbocycles. The van der Waals surface area contributed by atoms with Crippen molar-refractivity contribution in [3.05, 3.63) is 0 Å². The predicted molar refractivity (Wildman–Crippen MR) is 58.6 cm³/mol. The van der Waals surface area contributed by atoms with Crippen molar-refractivity contribution in [1.82, 2.24) is 0 Å². The van der Waals surface area contributed by atoms with Crippen molar-refractivity contribution in [1.29, 1.82) is 0 Å². The second-order valence-electron chi connectivity index (χ2n) is 5.58. The molecule has 1 aliphatic rings. The Hall–Kier alpha value is -0.570. The van der Waals surface area contributed by atoms with Crippen molar-refractivity contribution in [2.45, 2.75) is 58.5 Å². The first-order chi connectivity index (χ1) is 6.82. The summed E-state index contributed by atoms with van der Waals surface area (Å²) in [4.78, 5) is 11.2. The van der Waals surface area contributed by atoms with Gasteiger partial charge in [-0.1, -0.05) is 27.2 Å². The van der Waals surface area contributed by atoms with E-state index in [1.807, 2.05) is 6.92 Å². The second kappa shape index (κ2) is 4.12. The van der Waals surface area contributed by atoms with E-state index in [0.29, 0.717) is 12.8 Å². The molecule has 1 rings (SSSR count). The Morgan fingerprint density at radius 1 is 1.53 bits per heavy atom. The number of hydrogen-bond acceptors (Lipinski definition) is 2. The third kappa shape index (κ3) is 2.51. The summed E-state index contributed by atoms with van der Waals surface area (Å²) < 4.78 is 0. The summed E-state index contributed by atoms with van der Waals surface area (Å²) in [5.41, 5.74) is -1.32. The largest absolute Gasteiger partial charge is 0.479 e. The molecule has 3 heteroatoms.